The van der Waals surface area contributed by atoms with Crippen LogP contribution in [-0.2, 0) is 9.53 Å². The quantitative estimate of drug-likeness (QED) is 0.879. The molecule has 1 amide bonds. The molecule has 0 unspecified atom stereocenters. The third-order valence-electron chi connectivity index (χ3n) is 2.75. The lowest BCUT2D eigenvalue weighted by atomic mass is 10.2. The Hall–Kier alpha value is -2.63. The highest BCUT2D eigenvalue weighted by Gasteiger charge is 2.14. The van der Waals surface area contributed by atoms with Crippen molar-refractivity contribution in [3.05, 3.63) is 53.2 Å². The molecule has 0 aliphatic heterocycles. The van der Waals surface area contributed by atoms with Crippen LogP contribution >= 0.6 is 0 Å². The molecule has 0 spiro atoms. The molecule has 1 aromatic heterocycles. The minimum atomic E-state index is -0.728. The lowest BCUT2D eigenvalue weighted by molar-refractivity contribution is -0.119. The summed E-state index contributed by atoms with van der Waals surface area (Å²) in [7, 11) is 0. The Morgan fingerprint density at radius 3 is 2.67 bits per heavy atom. The van der Waals surface area contributed by atoms with Gasteiger partial charge >= 0.3 is 5.97 Å². The second-order valence-corrected chi connectivity index (χ2v) is 4.49. The van der Waals surface area contributed by atoms with Gasteiger partial charge < -0.3 is 14.5 Å². The highest BCUT2D eigenvalue weighted by molar-refractivity contribution is 5.95. The second-order valence-electron chi connectivity index (χ2n) is 4.49. The van der Waals surface area contributed by atoms with Gasteiger partial charge in [-0.1, -0.05) is 6.07 Å². The minimum absolute atomic E-state index is 0.0298. The maximum absolute atomic E-state index is 13.1. The number of hydrogen-bond acceptors (Lipinski definition) is 4. The fourth-order valence-electron chi connectivity index (χ4n) is 1.66. The Morgan fingerprint density at radius 2 is 2.00 bits per heavy atom. The topological polar surface area (TPSA) is 68.5 Å². The number of anilines is 1. The summed E-state index contributed by atoms with van der Waals surface area (Å²) in [6.07, 6.45) is 0. The van der Waals surface area contributed by atoms with Crippen molar-refractivity contribution in [3.63, 3.8) is 0 Å². The molecule has 0 saturated heterocycles. The van der Waals surface area contributed by atoms with E-state index in [-0.39, 0.29) is 5.76 Å². The first-order chi connectivity index (χ1) is 9.95. The Labute approximate surface area is 120 Å². The van der Waals surface area contributed by atoms with Crippen LogP contribution in [0.3, 0.4) is 0 Å². The number of carbonyl (C=O) groups is 2. The van der Waals surface area contributed by atoms with E-state index in [4.69, 9.17) is 9.15 Å². The maximum Gasteiger partial charge on any atom is 0.374 e. The Bertz CT molecular complexity index is 678. The molecule has 1 N–H and O–H groups in total. The molecule has 0 radical (unpaired) electrons. The van der Waals surface area contributed by atoms with Gasteiger partial charge in [-0.05, 0) is 43.7 Å². The molecule has 0 bridgehead atoms. The number of furan rings is 1. The van der Waals surface area contributed by atoms with Crippen LogP contribution in [0.25, 0.3) is 0 Å². The number of ether oxygens (including phenoxy) is 1. The van der Waals surface area contributed by atoms with E-state index in [1.807, 2.05) is 0 Å². The predicted octanol–water partition coefficient (Wildman–Crippen LogP) is 2.83. The van der Waals surface area contributed by atoms with Crippen molar-refractivity contribution in [2.75, 3.05) is 11.9 Å². The third-order valence-corrected chi connectivity index (χ3v) is 2.75. The standard InChI is InChI=1S/C15H14FNO4/c1-9-3-5-11(16)7-12(9)17-14(18)8-20-15(19)13-6-4-10(2)21-13/h3-7H,8H2,1-2H3,(H,17,18). The van der Waals surface area contributed by atoms with Crippen LogP contribution in [0.4, 0.5) is 10.1 Å². The molecular formula is C15H14FNO4. The van der Waals surface area contributed by atoms with Crippen LogP contribution in [-0.4, -0.2) is 18.5 Å². The molecule has 6 heteroatoms. The van der Waals surface area contributed by atoms with Crippen molar-refractivity contribution in [1.82, 2.24) is 0 Å². The molecular weight excluding hydrogens is 277 g/mol. The lowest BCUT2D eigenvalue weighted by Gasteiger charge is -2.08. The molecule has 1 heterocycles. The van der Waals surface area contributed by atoms with Gasteiger partial charge in [0.15, 0.2) is 6.61 Å². The van der Waals surface area contributed by atoms with E-state index in [2.05, 4.69) is 5.32 Å². The number of aryl methyl sites for hydroxylation is 2. The van der Waals surface area contributed by atoms with Crippen LogP contribution in [0, 0.1) is 19.7 Å². The largest absolute Gasteiger partial charge is 0.454 e. The summed E-state index contributed by atoms with van der Waals surface area (Å²) in [5.41, 5.74) is 1.04. The first-order valence-corrected chi connectivity index (χ1v) is 6.25. The average Bonchev–Trinajstić information content (AvgIpc) is 2.87. The van der Waals surface area contributed by atoms with Gasteiger partial charge in [0, 0.05) is 5.69 Å². The molecule has 21 heavy (non-hydrogen) atoms. The Balaban J connectivity index is 1.90. The number of esters is 1. The summed E-state index contributed by atoms with van der Waals surface area (Å²) in [5, 5.41) is 2.48. The fraction of sp³-hybridized carbons (Fsp3) is 0.200. The third kappa shape index (κ3) is 3.92. The summed E-state index contributed by atoms with van der Waals surface area (Å²) >= 11 is 0. The van der Waals surface area contributed by atoms with E-state index in [0.717, 1.165) is 0 Å². The monoisotopic (exact) mass is 291 g/mol. The number of carbonyl (C=O) groups excluding carboxylic acids is 2. The number of halogens is 1. The van der Waals surface area contributed by atoms with Crippen LogP contribution < -0.4 is 5.32 Å². The van der Waals surface area contributed by atoms with Crippen molar-refractivity contribution in [2.45, 2.75) is 13.8 Å². The van der Waals surface area contributed by atoms with Gasteiger partial charge in [-0.3, -0.25) is 4.79 Å². The zero-order chi connectivity index (χ0) is 15.4. The summed E-state index contributed by atoms with van der Waals surface area (Å²) in [4.78, 5) is 23.3. The second kappa shape index (κ2) is 6.21. The van der Waals surface area contributed by atoms with E-state index in [1.165, 1.54) is 18.2 Å². The molecule has 0 aliphatic carbocycles. The van der Waals surface area contributed by atoms with Crippen LogP contribution in [0.15, 0.2) is 34.7 Å². The van der Waals surface area contributed by atoms with Gasteiger partial charge in [0.2, 0.25) is 5.76 Å². The van der Waals surface area contributed by atoms with Gasteiger partial charge in [0.1, 0.15) is 11.6 Å². The van der Waals surface area contributed by atoms with Gasteiger partial charge in [-0.2, -0.15) is 0 Å². The number of amides is 1. The molecule has 0 fully saturated rings. The summed E-state index contributed by atoms with van der Waals surface area (Å²) < 4.78 is 23.0. The van der Waals surface area contributed by atoms with Gasteiger partial charge in [0.05, 0.1) is 0 Å². The molecule has 110 valence electrons. The first kappa shape index (κ1) is 14.8. The molecule has 0 atom stereocenters. The van der Waals surface area contributed by atoms with Crippen molar-refractivity contribution < 1.29 is 23.1 Å². The van der Waals surface area contributed by atoms with Crippen LogP contribution in [0.5, 0.6) is 0 Å². The van der Waals surface area contributed by atoms with Crippen molar-refractivity contribution in [3.8, 4) is 0 Å². The Morgan fingerprint density at radius 1 is 1.24 bits per heavy atom. The predicted molar refractivity (Wildman–Crippen MR) is 73.5 cm³/mol. The summed E-state index contributed by atoms with van der Waals surface area (Å²) in [6, 6.07) is 7.12. The molecule has 2 aromatic rings. The highest BCUT2D eigenvalue weighted by atomic mass is 19.1. The molecule has 2 rings (SSSR count). The molecule has 0 saturated carbocycles. The van der Waals surface area contributed by atoms with Crippen molar-refractivity contribution in [2.24, 2.45) is 0 Å². The van der Waals surface area contributed by atoms with E-state index >= 15 is 0 Å². The smallest absolute Gasteiger partial charge is 0.374 e. The molecule has 5 nitrogen and oxygen atoms in total. The van der Waals surface area contributed by atoms with Crippen LogP contribution in [0.2, 0.25) is 0 Å². The zero-order valence-electron chi connectivity index (χ0n) is 11.6. The van der Waals surface area contributed by atoms with Gasteiger partial charge in [-0.15, -0.1) is 0 Å². The van der Waals surface area contributed by atoms with Gasteiger partial charge in [-0.25, -0.2) is 9.18 Å². The minimum Gasteiger partial charge on any atom is -0.454 e. The average molecular weight is 291 g/mol. The number of hydrogen-bond donors (Lipinski definition) is 1. The lowest BCUT2D eigenvalue weighted by Crippen LogP contribution is -2.21. The van der Waals surface area contributed by atoms with E-state index < -0.39 is 24.3 Å². The summed E-state index contributed by atoms with van der Waals surface area (Å²) in [6.45, 7) is 2.94. The normalized spacial score (nSPS) is 10.2. The van der Waals surface area contributed by atoms with E-state index in [9.17, 15) is 14.0 Å². The molecule has 1 aromatic carbocycles. The molecule has 0 aliphatic rings. The number of nitrogens with one attached hydrogen (secondary N) is 1. The Kier molecular flexibility index (Phi) is 4.37. The van der Waals surface area contributed by atoms with E-state index in [0.29, 0.717) is 17.0 Å². The fourth-order valence-corrected chi connectivity index (χ4v) is 1.66. The van der Waals surface area contributed by atoms with Crippen LogP contribution in [0.1, 0.15) is 21.9 Å². The van der Waals surface area contributed by atoms with Crippen molar-refractivity contribution >= 4 is 17.6 Å². The zero-order valence-corrected chi connectivity index (χ0v) is 11.6. The maximum atomic E-state index is 13.1. The number of rotatable bonds is 4. The highest BCUT2D eigenvalue weighted by Crippen LogP contribution is 2.15. The number of benzene rings is 1. The summed E-state index contributed by atoms with van der Waals surface area (Å²) in [5.74, 6) is -1.14. The first-order valence-electron chi connectivity index (χ1n) is 6.25. The van der Waals surface area contributed by atoms with E-state index in [1.54, 1.807) is 26.0 Å². The van der Waals surface area contributed by atoms with Crippen molar-refractivity contribution in [1.29, 1.82) is 0 Å². The SMILES string of the molecule is Cc1ccc(C(=O)OCC(=O)Nc2cc(F)ccc2C)o1. The van der Waals surface area contributed by atoms with Gasteiger partial charge in [0.25, 0.3) is 5.91 Å².